The second-order valence-corrected chi connectivity index (χ2v) is 4.44. The molecule has 0 spiro atoms. The molecule has 1 aromatic rings. The molecule has 0 saturated heterocycles. The van der Waals surface area contributed by atoms with Crippen LogP contribution in [0.5, 0.6) is 0 Å². The number of ether oxygens (including phenoxy) is 1. The van der Waals surface area contributed by atoms with Crippen molar-refractivity contribution < 1.29 is 9.13 Å². The third-order valence-corrected chi connectivity index (χ3v) is 3.10. The number of methoxy groups -OCH3 is 1. The van der Waals surface area contributed by atoms with Crippen molar-refractivity contribution in [2.75, 3.05) is 20.8 Å². The van der Waals surface area contributed by atoms with Gasteiger partial charge in [-0.3, -0.25) is 0 Å². The summed E-state index contributed by atoms with van der Waals surface area (Å²) < 4.78 is 18.7. The minimum absolute atomic E-state index is 0.189. The van der Waals surface area contributed by atoms with Crippen LogP contribution in [0.4, 0.5) is 4.39 Å². The van der Waals surface area contributed by atoms with E-state index in [0.717, 1.165) is 19.4 Å². The Balaban J connectivity index is 2.57. The van der Waals surface area contributed by atoms with Crippen LogP contribution in [0.25, 0.3) is 0 Å². The largest absolute Gasteiger partial charge is 0.385 e. The minimum Gasteiger partial charge on any atom is -0.385 e. The highest BCUT2D eigenvalue weighted by Gasteiger charge is 2.12. The fourth-order valence-corrected chi connectivity index (χ4v) is 1.99. The van der Waals surface area contributed by atoms with Gasteiger partial charge in [-0.05, 0) is 37.9 Å². The van der Waals surface area contributed by atoms with Crippen LogP contribution in [0.2, 0.25) is 5.02 Å². The van der Waals surface area contributed by atoms with Gasteiger partial charge in [-0.15, -0.1) is 0 Å². The smallest absolute Gasteiger partial charge is 0.145 e. The lowest BCUT2D eigenvalue weighted by Gasteiger charge is -2.16. The fraction of sp³-hybridized carbons (Fsp3) is 0.538. The Morgan fingerprint density at radius 3 is 2.88 bits per heavy atom. The number of rotatable bonds is 7. The van der Waals surface area contributed by atoms with Crippen molar-refractivity contribution in [3.63, 3.8) is 0 Å². The third kappa shape index (κ3) is 4.62. The summed E-state index contributed by atoms with van der Waals surface area (Å²) in [5.74, 6) is -0.304. The van der Waals surface area contributed by atoms with E-state index in [1.807, 2.05) is 7.05 Å². The van der Waals surface area contributed by atoms with Crippen LogP contribution in [0.15, 0.2) is 18.2 Å². The molecule has 96 valence electrons. The lowest BCUT2D eigenvalue weighted by molar-refractivity contribution is 0.189. The molecule has 0 aliphatic carbocycles. The quantitative estimate of drug-likeness (QED) is 0.760. The summed E-state index contributed by atoms with van der Waals surface area (Å²) in [6.07, 6.45) is 2.56. The lowest BCUT2D eigenvalue weighted by Crippen LogP contribution is -2.28. The molecule has 1 unspecified atom stereocenters. The minimum atomic E-state index is -0.304. The maximum Gasteiger partial charge on any atom is 0.145 e. The maximum atomic E-state index is 13.7. The van der Waals surface area contributed by atoms with Crippen LogP contribution < -0.4 is 5.32 Å². The molecule has 1 atom stereocenters. The first-order valence-electron chi connectivity index (χ1n) is 5.78. The molecule has 1 aromatic carbocycles. The van der Waals surface area contributed by atoms with E-state index in [4.69, 9.17) is 16.3 Å². The van der Waals surface area contributed by atoms with Crippen molar-refractivity contribution in [1.82, 2.24) is 5.32 Å². The van der Waals surface area contributed by atoms with Crippen molar-refractivity contribution in [1.29, 1.82) is 0 Å². The molecular formula is C13H19ClFNO. The van der Waals surface area contributed by atoms with Gasteiger partial charge in [0, 0.05) is 19.8 Å². The van der Waals surface area contributed by atoms with Gasteiger partial charge in [-0.2, -0.15) is 0 Å². The SMILES string of the molecule is CNC(CCCOC)Cc1cccc(Cl)c1F. The van der Waals surface area contributed by atoms with Gasteiger partial charge in [0.25, 0.3) is 0 Å². The summed E-state index contributed by atoms with van der Waals surface area (Å²) in [6.45, 7) is 0.732. The van der Waals surface area contributed by atoms with Crippen molar-refractivity contribution in [2.45, 2.75) is 25.3 Å². The zero-order valence-electron chi connectivity index (χ0n) is 10.3. The lowest BCUT2D eigenvalue weighted by atomic mass is 10.0. The highest BCUT2D eigenvalue weighted by Crippen LogP contribution is 2.19. The molecule has 1 rings (SSSR count). The van der Waals surface area contributed by atoms with Gasteiger partial charge in [-0.1, -0.05) is 23.7 Å². The van der Waals surface area contributed by atoms with Crippen molar-refractivity contribution >= 4 is 11.6 Å². The van der Waals surface area contributed by atoms with Gasteiger partial charge < -0.3 is 10.1 Å². The first-order valence-corrected chi connectivity index (χ1v) is 6.16. The topological polar surface area (TPSA) is 21.3 Å². The number of nitrogens with one attached hydrogen (secondary N) is 1. The number of likely N-dealkylation sites (N-methyl/N-ethyl adjacent to an activating group) is 1. The van der Waals surface area contributed by atoms with E-state index in [2.05, 4.69) is 5.32 Å². The molecule has 2 nitrogen and oxygen atoms in total. The second-order valence-electron chi connectivity index (χ2n) is 4.04. The van der Waals surface area contributed by atoms with Crippen LogP contribution in [0.3, 0.4) is 0 Å². The average molecular weight is 260 g/mol. The van der Waals surface area contributed by atoms with Crippen LogP contribution in [-0.2, 0) is 11.2 Å². The number of benzene rings is 1. The molecule has 0 aliphatic rings. The Hall–Kier alpha value is -0.640. The van der Waals surface area contributed by atoms with Gasteiger partial charge in [0.05, 0.1) is 5.02 Å². The zero-order chi connectivity index (χ0) is 12.7. The average Bonchev–Trinajstić information content (AvgIpc) is 2.33. The molecule has 0 amide bonds. The van der Waals surface area contributed by atoms with E-state index in [1.165, 1.54) is 0 Å². The molecule has 0 aromatic heterocycles. The van der Waals surface area contributed by atoms with Crippen molar-refractivity contribution in [2.24, 2.45) is 0 Å². The van der Waals surface area contributed by atoms with Crippen LogP contribution in [0.1, 0.15) is 18.4 Å². The normalized spacial score (nSPS) is 12.7. The number of hydrogen-bond donors (Lipinski definition) is 1. The van der Waals surface area contributed by atoms with Gasteiger partial charge in [-0.25, -0.2) is 4.39 Å². The molecule has 0 heterocycles. The molecule has 0 radical (unpaired) electrons. The molecule has 0 bridgehead atoms. The second kappa shape index (κ2) is 7.64. The molecule has 0 aliphatic heterocycles. The highest BCUT2D eigenvalue weighted by molar-refractivity contribution is 6.30. The number of hydrogen-bond acceptors (Lipinski definition) is 2. The fourth-order valence-electron chi connectivity index (χ4n) is 1.79. The van der Waals surface area contributed by atoms with Crippen molar-refractivity contribution in [3.05, 3.63) is 34.6 Å². The van der Waals surface area contributed by atoms with E-state index >= 15 is 0 Å². The predicted molar refractivity (Wildman–Crippen MR) is 69.1 cm³/mol. The monoisotopic (exact) mass is 259 g/mol. The van der Waals surface area contributed by atoms with Crippen LogP contribution in [-0.4, -0.2) is 26.8 Å². The summed E-state index contributed by atoms with van der Waals surface area (Å²) in [5.41, 5.74) is 0.661. The van der Waals surface area contributed by atoms with Gasteiger partial charge in [0.2, 0.25) is 0 Å². The summed E-state index contributed by atoms with van der Waals surface area (Å²) >= 11 is 5.75. The molecular weight excluding hydrogens is 241 g/mol. The summed E-state index contributed by atoms with van der Waals surface area (Å²) in [5, 5.41) is 3.38. The standard InChI is InChI=1S/C13H19ClFNO/c1-16-11(6-4-8-17-2)9-10-5-3-7-12(14)13(10)15/h3,5,7,11,16H,4,6,8-9H2,1-2H3. The van der Waals surface area contributed by atoms with Gasteiger partial charge in [0.1, 0.15) is 5.82 Å². The summed E-state index contributed by atoms with van der Waals surface area (Å²) in [4.78, 5) is 0. The highest BCUT2D eigenvalue weighted by atomic mass is 35.5. The Labute approximate surface area is 107 Å². The van der Waals surface area contributed by atoms with Crippen LogP contribution in [0, 0.1) is 5.82 Å². The van der Waals surface area contributed by atoms with E-state index in [9.17, 15) is 4.39 Å². The summed E-state index contributed by atoms with van der Waals surface area (Å²) in [6, 6.07) is 5.38. The van der Waals surface area contributed by atoms with Gasteiger partial charge in [0.15, 0.2) is 0 Å². The first-order chi connectivity index (χ1) is 8.19. The van der Waals surface area contributed by atoms with Crippen LogP contribution >= 0.6 is 11.6 Å². The Morgan fingerprint density at radius 2 is 2.24 bits per heavy atom. The molecule has 0 saturated carbocycles. The van der Waals surface area contributed by atoms with Crippen molar-refractivity contribution in [3.8, 4) is 0 Å². The molecule has 1 N–H and O–H groups in total. The van der Waals surface area contributed by atoms with E-state index < -0.39 is 0 Å². The maximum absolute atomic E-state index is 13.7. The molecule has 4 heteroatoms. The Bertz CT molecular complexity index is 346. The predicted octanol–water partition coefficient (Wildman–Crippen LogP) is 3.04. The Kier molecular flexibility index (Phi) is 6.48. The summed E-state index contributed by atoms with van der Waals surface area (Å²) in [7, 11) is 3.57. The first kappa shape index (κ1) is 14.4. The third-order valence-electron chi connectivity index (χ3n) is 2.81. The zero-order valence-corrected chi connectivity index (χ0v) is 11.1. The van der Waals surface area contributed by atoms with Gasteiger partial charge >= 0.3 is 0 Å². The molecule has 17 heavy (non-hydrogen) atoms. The molecule has 0 fully saturated rings. The van der Waals surface area contributed by atoms with E-state index in [-0.39, 0.29) is 16.9 Å². The van der Waals surface area contributed by atoms with E-state index in [0.29, 0.717) is 12.0 Å². The Morgan fingerprint density at radius 1 is 1.47 bits per heavy atom. The number of halogens is 2. The van der Waals surface area contributed by atoms with E-state index in [1.54, 1.807) is 25.3 Å².